The van der Waals surface area contributed by atoms with Gasteiger partial charge in [0.2, 0.25) is 0 Å². The Bertz CT molecular complexity index is 281. The highest BCUT2D eigenvalue weighted by Gasteiger charge is 2.18. The second-order valence-electron chi connectivity index (χ2n) is 3.20. The molecule has 2 rings (SSSR count). The van der Waals surface area contributed by atoms with Crippen LogP contribution in [0.25, 0.3) is 0 Å². The average molecular weight is 178 g/mol. The van der Waals surface area contributed by atoms with E-state index in [1.54, 1.807) is 6.20 Å². The molecule has 70 valence electrons. The van der Waals surface area contributed by atoms with E-state index >= 15 is 0 Å². The van der Waals surface area contributed by atoms with Gasteiger partial charge < -0.3 is 10.6 Å². The summed E-state index contributed by atoms with van der Waals surface area (Å²) < 4.78 is 0. The van der Waals surface area contributed by atoms with Gasteiger partial charge >= 0.3 is 0 Å². The lowest BCUT2D eigenvalue weighted by Crippen LogP contribution is -2.16. The normalized spacial score (nSPS) is 21.8. The van der Waals surface area contributed by atoms with E-state index in [1.165, 1.54) is 6.42 Å². The highest BCUT2D eigenvalue weighted by molar-refractivity contribution is 5.32. The lowest BCUT2D eigenvalue weighted by Gasteiger charge is -2.08. The fraction of sp³-hybridized carbons (Fsp3) is 0.556. The number of anilines is 1. The van der Waals surface area contributed by atoms with Gasteiger partial charge in [-0.25, -0.2) is 9.97 Å². The van der Waals surface area contributed by atoms with Crippen LogP contribution in [0.15, 0.2) is 12.3 Å². The molecule has 0 radical (unpaired) electrons. The minimum Gasteiger partial charge on any atom is -0.373 e. The van der Waals surface area contributed by atoms with Gasteiger partial charge in [0.05, 0.1) is 6.04 Å². The van der Waals surface area contributed by atoms with Gasteiger partial charge in [0.15, 0.2) is 0 Å². The van der Waals surface area contributed by atoms with Crippen LogP contribution in [0, 0.1) is 0 Å². The number of nitrogens with one attached hydrogen (secondary N) is 2. The lowest BCUT2D eigenvalue weighted by atomic mass is 10.2. The molecule has 0 spiro atoms. The maximum Gasteiger partial charge on any atom is 0.147 e. The van der Waals surface area contributed by atoms with Crippen LogP contribution in [0.5, 0.6) is 0 Å². The van der Waals surface area contributed by atoms with Gasteiger partial charge in [0.25, 0.3) is 0 Å². The van der Waals surface area contributed by atoms with Gasteiger partial charge in [-0.15, -0.1) is 0 Å². The molecule has 1 fully saturated rings. The molecule has 0 aromatic carbocycles. The van der Waals surface area contributed by atoms with Gasteiger partial charge in [0.1, 0.15) is 11.6 Å². The number of rotatable bonds is 2. The van der Waals surface area contributed by atoms with Crippen molar-refractivity contribution >= 4 is 5.82 Å². The maximum atomic E-state index is 4.39. The summed E-state index contributed by atoms with van der Waals surface area (Å²) in [6.07, 6.45) is 4.17. The van der Waals surface area contributed by atoms with Crippen molar-refractivity contribution in [3.63, 3.8) is 0 Å². The first-order chi connectivity index (χ1) is 6.40. The van der Waals surface area contributed by atoms with Crippen molar-refractivity contribution in [1.82, 2.24) is 15.3 Å². The monoisotopic (exact) mass is 178 g/mol. The molecule has 1 saturated heterocycles. The molecule has 13 heavy (non-hydrogen) atoms. The van der Waals surface area contributed by atoms with Crippen molar-refractivity contribution in [2.75, 3.05) is 18.9 Å². The molecule has 4 nitrogen and oxygen atoms in total. The molecule has 1 aliphatic heterocycles. The zero-order valence-electron chi connectivity index (χ0n) is 7.75. The van der Waals surface area contributed by atoms with Crippen LogP contribution >= 0.6 is 0 Å². The van der Waals surface area contributed by atoms with Crippen molar-refractivity contribution in [3.8, 4) is 0 Å². The van der Waals surface area contributed by atoms with Crippen LogP contribution < -0.4 is 10.6 Å². The van der Waals surface area contributed by atoms with Crippen molar-refractivity contribution in [1.29, 1.82) is 0 Å². The third-order valence-electron chi connectivity index (χ3n) is 2.30. The first-order valence-corrected chi connectivity index (χ1v) is 4.64. The van der Waals surface area contributed by atoms with E-state index in [4.69, 9.17) is 0 Å². The SMILES string of the molecule is CNc1ccnc([C@@H]2CCCN2)n1. The number of nitrogens with zero attached hydrogens (tertiary/aromatic N) is 2. The summed E-state index contributed by atoms with van der Waals surface area (Å²) in [6, 6.07) is 2.23. The third-order valence-corrected chi connectivity index (χ3v) is 2.30. The van der Waals surface area contributed by atoms with Crippen molar-refractivity contribution in [2.45, 2.75) is 18.9 Å². The Hall–Kier alpha value is -1.16. The summed E-state index contributed by atoms with van der Waals surface area (Å²) in [5.74, 6) is 1.79. The lowest BCUT2D eigenvalue weighted by molar-refractivity contribution is 0.605. The third kappa shape index (κ3) is 1.78. The first kappa shape index (κ1) is 8.44. The predicted molar refractivity (Wildman–Crippen MR) is 51.6 cm³/mol. The molecule has 4 heteroatoms. The first-order valence-electron chi connectivity index (χ1n) is 4.64. The minimum absolute atomic E-state index is 0.355. The van der Waals surface area contributed by atoms with Crippen molar-refractivity contribution < 1.29 is 0 Å². The molecule has 0 amide bonds. The molecular weight excluding hydrogens is 164 g/mol. The van der Waals surface area contributed by atoms with Gasteiger partial charge in [-0.3, -0.25) is 0 Å². The van der Waals surface area contributed by atoms with E-state index in [2.05, 4.69) is 20.6 Å². The fourth-order valence-electron chi connectivity index (χ4n) is 1.59. The molecule has 0 bridgehead atoms. The van der Waals surface area contributed by atoms with Crippen molar-refractivity contribution in [3.05, 3.63) is 18.1 Å². The Balaban J connectivity index is 2.18. The van der Waals surface area contributed by atoms with E-state index in [0.717, 1.165) is 24.6 Å². The second kappa shape index (κ2) is 3.70. The molecule has 2 heterocycles. The van der Waals surface area contributed by atoms with E-state index in [9.17, 15) is 0 Å². The standard InChI is InChI=1S/C9H14N4/c1-10-8-4-6-12-9(13-8)7-3-2-5-11-7/h4,6-7,11H,2-3,5H2,1H3,(H,10,12,13)/t7-/m0/s1. The van der Waals surface area contributed by atoms with E-state index in [-0.39, 0.29) is 0 Å². The average Bonchev–Trinajstić information content (AvgIpc) is 2.71. The van der Waals surface area contributed by atoms with Crippen LogP contribution in [0.2, 0.25) is 0 Å². The summed E-state index contributed by atoms with van der Waals surface area (Å²) in [6.45, 7) is 1.08. The Morgan fingerprint density at radius 1 is 1.62 bits per heavy atom. The highest BCUT2D eigenvalue weighted by atomic mass is 15.1. The maximum absolute atomic E-state index is 4.39. The smallest absolute Gasteiger partial charge is 0.147 e. The summed E-state index contributed by atoms with van der Waals surface area (Å²) in [5.41, 5.74) is 0. The Labute approximate surface area is 77.8 Å². The van der Waals surface area contributed by atoms with Crippen LogP contribution in [0.4, 0.5) is 5.82 Å². The van der Waals surface area contributed by atoms with Gasteiger partial charge in [-0.05, 0) is 25.5 Å². The quantitative estimate of drug-likeness (QED) is 0.707. The Kier molecular flexibility index (Phi) is 2.40. The molecule has 0 saturated carbocycles. The molecule has 1 aliphatic rings. The van der Waals surface area contributed by atoms with Crippen LogP contribution in [0.1, 0.15) is 24.7 Å². The van der Waals surface area contributed by atoms with Crippen LogP contribution in [0.3, 0.4) is 0 Å². The van der Waals surface area contributed by atoms with E-state index in [0.29, 0.717) is 6.04 Å². The van der Waals surface area contributed by atoms with E-state index in [1.807, 2.05) is 13.1 Å². The van der Waals surface area contributed by atoms with E-state index < -0.39 is 0 Å². The van der Waals surface area contributed by atoms with Crippen molar-refractivity contribution in [2.24, 2.45) is 0 Å². The zero-order chi connectivity index (χ0) is 9.10. The largest absolute Gasteiger partial charge is 0.373 e. The van der Waals surface area contributed by atoms with Crippen LogP contribution in [-0.4, -0.2) is 23.6 Å². The predicted octanol–water partition coefficient (Wildman–Crippen LogP) is 0.943. The number of aromatic nitrogens is 2. The van der Waals surface area contributed by atoms with Crippen LogP contribution in [-0.2, 0) is 0 Å². The molecule has 1 aromatic heterocycles. The molecule has 0 unspecified atom stereocenters. The molecule has 0 aliphatic carbocycles. The second-order valence-corrected chi connectivity index (χ2v) is 3.20. The number of hydrogen-bond donors (Lipinski definition) is 2. The summed E-state index contributed by atoms with van der Waals surface area (Å²) >= 11 is 0. The molecule has 1 atom stereocenters. The Morgan fingerprint density at radius 2 is 2.54 bits per heavy atom. The molecule has 2 N–H and O–H groups in total. The van der Waals surface area contributed by atoms with Gasteiger partial charge in [-0.1, -0.05) is 0 Å². The zero-order valence-corrected chi connectivity index (χ0v) is 7.75. The summed E-state index contributed by atoms with van der Waals surface area (Å²) in [4.78, 5) is 8.64. The van der Waals surface area contributed by atoms with Gasteiger partial charge in [0, 0.05) is 13.2 Å². The Morgan fingerprint density at radius 3 is 3.23 bits per heavy atom. The molecular formula is C9H14N4. The topological polar surface area (TPSA) is 49.8 Å². The fourth-order valence-corrected chi connectivity index (χ4v) is 1.59. The highest BCUT2D eigenvalue weighted by Crippen LogP contribution is 2.19. The summed E-state index contributed by atoms with van der Waals surface area (Å²) in [5, 5.41) is 6.38. The van der Waals surface area contributed by atoms with Gasteiger partial charge in [-0.2, -0.15) is 0 Å². The molecule has 1 aromatic rings. The summed E-state index contributed by atoms with van der Waals surface area (Å²) in [7, 11) is 1.87. The number of hydrogen-bond acceptors (Lipinski definition) is 4. The minimum atomic E-state index is 0.355.